The Balaban J connectivity index is 2.24. The molecular weight excluding hydrogens is 150 g/mol. The molecule has 12 heavy (non-hydrogen) atoms. The Morgan fingerprint density at radius 1 is 1.50 bits per heavy atom. The maximum absolute atomic E-state index is 4.14. The summed E-state index contributed by atoms with van der Waals surface area (Å²) in [7, 11) is 4.25. The molecule has 66 valence electrons. The molecule has 0 radical (unpaired) electrons. The highest BCUT2D eigenvalue weighted by Gasteiger charge is 2.24. The van der Waals surface area contributed by atoms with Crippen molar-refractivity contribution in [1.82, 2.24) is 14.5 Å². The Hall–Kier alpha value is -0.830. The van der Waals surface area contributed by atoms with Gasteiger partial charge in [0.15, 0.2) is 0 Å². The summed E-state index contributed by atoms with van der Waals surface area (Å²) in [6, 6.07) is 0.595. The van der Waals surface area contributed by atoms with E-state index in [1.165, 1.54) is 25.1 Å². The minimum atomic E-state index is 0.595. The average molecular weight is 165 g/mol. The summed E-state index contributed by atoms with van der Waals surface area (Å²) in [6.07, 6.45) is 6.44. The third-order valence-corrected chi connectivity index (χ3v) is 2.72. The van der Waals surface area contributed by atoms with E-state index in [0.29, 0.717) is 6.04 Å². The molecule has 1 fully saturated rings. The minimum absolute atomic E-state index is 0.595. The quantitative estimate of drug-likeness (QED) is 0.623. The molecule has 3 heteroatoms. The number of imidazole rings is 1. The molecule has 1 aliphatic rings. The lowest BCUT2D eigenvalue weighted by Gasteiger charge is -2.19. The van der Waals surface area contributed by atoms with Crippen LogP contribution in [0.5, 0.6) is 0 Å². The molecule has 1 aromatic heterocycles. The summed E-state index contributed by atoms with van der Waals surface area (Å²) in [5.74, 6) is 0. The van der Waals surface area contributed by atoms with Gasteiger partial charge in [-0.25, -0.2) is 4.98 Å². The molecule has 0 saturated carbocycles. The lowest BCUT2D eigenvalue weighted by molar-refractivity contribution is 0.307. The smallest absolute Gasteiger partial charge is 0.0946 e. The zero-order chi connectivity index (χ0) is 8.55. The SMILES string of the molecule is CN1CCCC1c1cncn1C. The van der Waals surface area contributed by atoms with Crippen molar-refractivity contribution in [2.24, 2.45) is 7.05 Å². The van der Waals surface area contributed by atoms with Gasteiger partial charge in [0, 0.05) is 13.2 Å². The normalized spacial score (nSPS) is 25.0. The highest BCUT2D eigenvalue weighted by atomic mass is 15.2. The number of rotatable bonds is 1. The Morgan fingerprint density at radius 3 is 2.83 bits per heavy atom. The summed E-state index contributed by atoms with van der Waals surface area (Å²) < 4.78 is 2.12. The zero-order valence-corrected chi connectivity index (χ0v) is 7.70. The topological polar surface area (TPSA) is 21.1 Å². The molecule has 0 spiro atoms. The molecule has 1 atom stereocenters. The van der Waals surface area contributed by atoms with Gasteiger partial charge in [-0.15, -0.1) is 0 Å². The molecule has 0 bridgehead atoms. The van der Waals surface area contributed by atoms with Crippen LogP contribution in [-0.4, -0.2) is 28.0 Å². The monoisotopic (exact) mass is 165 g/mol. The van der Waals surface area contributed by atoms with Crippen LogP contribution in [-0.2, 0) is 7.05 Å². The predicted octanol–water partition coefficient (Wildman–Crippen LogP) is 1.19. The van der Waals surface area contributed by atoms with Gasteiger partial charge < -0.3 is 4.57 Å². The largest absolute Gasteiger partial charge is 0.336 e. The van der Waals surface area contributed by atoms with Crippen molar-refractivity contribution in [2.45, 2.75) is 18.9 Å². The van der Waals surface area contributed by atoms with Gasteiger partial charge in [-0.2, -0.15) is 0 Å². The highest BCUT2D eigenvalue weighted by Crippen LogP contribution is 2.29. The van der Waals surface area contributed by atoms with E-state index in [2.05, 4.69) is 28.5 Å². The number of aromatic nitrogens is 2. The maximum atomic E-state index is 4.14. The zero-order valence-electron chi connectivity index (χ0n) is 7.70. The Kier molecular flexibility index (Phi) is 1.89. The van der Waals surface area contributed by atoms with E-state index in [1.54, 1.807) is 0 Å². The summed E-state index contributed by atoms with van der Waals surface area (Å²) in [6.45, 7) is 1.22. The van der Waals surface area contributed by atoms with Crippen LogP contribution in [0.25, 0.3) is 0 Å². The van der Waals surface area contributed by atoms with Gasteiger partial charge in [-0.05, 0) is 26.4 Å². The number of aryl methyl sites for hydroxylation is 1. The minimum Gasteiger partial charge on any atom is -0.336 e. The van der Waals surface area contributed by atoms with E-state index in [1.807, 2.05) is 12.5 Å². The molecule has 3 nitrogen and oxygen atoms in total. The lowest BCUT2D eigenvalue weighted by atomic mass is 10.1. The molecule has 2 rings (SSSR count). The Bertz CT molecular complexity index is 266. The van der Waals surface area contributed by atoms with Crippen molar-refractivity contribution in [2.75, 3.05) is 13.6 Å². The molecule has 0 aliphatic carbocycles. The third-order valence-electron chi connectivity index (χ3n) is 2.72. The van der Waals surface area contributed by atoms with Crippen LogP contribution in [0.15, 0.2) is 12.5 Å². The molecule has 1 aromatic rings. The van der Waals surface area contributed by atoms with Gasteiger partial charge in [0.1, 0.15) is 0 Å². The molecule has 0 aromatic carbocycles. The second kappa shape index (κ2) is 2.90. The average Bonchev–Trinajstić information content (AvgIpc) is 2.59. The molecule has 2 heterocycles. The molecule has 0 N–H and O–H groups in total. The van der Waals surface area contributed by atoms with Crippen molar-refractivity contribution >= 4 is 0 Å². The lowest BCUT2D eigenvalue weighted by Crippen LogP contribution is -2.19. The first-order valence-electron chi connectivity index (χ1n) is 4.45. The summed E-state index contributed by atoms with van der Waals surface area (Å²) in [5.41, 5.74) is 1.34. The number of hydrogen-bond donors (Lipinski definition) is 0. The summed E-state index contributed by atoms with van der Waals surface area (Å²) in [5, 5.41) is 0. The van der Waals surface area contributed by atoms with Crippen LogP contribution >= 0.6 is 0 Å². The first kappa shape index (κ1) is 7.80. The predicted molar refractivity (Wildman–Crippen MR) is 47.8 cm³/mol. The van der Waals surface area contributed by atoms with Gasteiger partial charge in [0.2, 0.25) is 0 Å². The Labute approximate surface area is 73.0 Å². The van der Waals surface area contributed by atoms with Crippen molar-refractivity contribution in [1.29, 1.82) is 0 Å². The summed E-state index contributed by atoms with van der Waals surface area (Å²) in [4.78, 5) is 6.54. The number of hydrogen-bond acceptors (Lipinski definition) is 2. The fourth-order valence-electron chi connectivity index (χ4n) is 1.97. The molecule has 1 aliphatic heterocycles. The fourth-order valence-corrected chi connectivity index (χ4v) is 1.97. The van der Waals surface area contributed by atoms with Crippen LogP contribution in [0.3, 0.4) is 0 Å². The highest BCUT2D eigenvalue weighted by molar-refractivity contribution is 5.06. The second-order valence-corrected chi connectivity index (χ2v) is 3.57. The van der Waals surface area contributed by atoms with Gasteiger partial charge >= 0.3 is 0 Å². The molecule has 1 saturated heterocycles. The van der Waals surface area contributed by atoms with Crippen LogP contribution < -0.4 is 0 Å². The third kappa shape index (κ3) is 1.14. The number of likely N-dealkylation sites (tertiary alicyclic amines) is 1. The van der Waals surface area contributed by atoms with Crippen molar-refractivity contribution < 1.29 is 0 Å². The van der Waals surface area contributed by atoms with Crippen LogP contribution in [0, 0.1) is 0 Å². The fraction of sp³-hybridized carbons (Fsp3) is 0.667. The van der Waals surface area contributed by atoms with Gasteiger partial charge in [-0.3, -0.25) is 4.90 Å². The van der Waals surface area contributed by atoms with E-state index in [9.17, 15) is 0 Å². The van der Waals surface area contributed by atoms with Gasteiger partial charge in [0.05, 0.1) is 18.1 Å². The van der Waals surface area contributed by atoms with E-state index < -0.39 is 0 Å². The first-order valence-corrected chi connectivity index (χ1v) is 4.45. The van der Waals surface area contributed by atoms with E-state index in [0.717, 1.165) is 0 Å². The molecular formula is C9H15N3. The van der Waals surface area contributed by atoms with Crippen LogP contribution in [0.1, 0.15) is 24.6 Å². The first-order chi connectivity index (χ1) is 5.79. The number of nitrogens with zero attached hydrogens (tertiary/aromatic N) is 3. The van der Waals surface area contributed by atoms with Gasteiger partial charge in [-0.1, -0.05) is 0 Å². The van der Waals surface area contributed by atoms with Crippen molar-refractivity contribution in [3.63, 3.8) is 0 Å². The second-order valence-electron chi connectivity index (χ2n) is 3.57. The van der Waals surface area contributed by atoms with E-state index in [-0.39, 0.29) is 0 Å². The van der Waals surface area contributed by atoms with Crippen molar-refractivity contribution in [3.8, 4) is 0 Å². The standard InChI is InChI=1S/C9H15N3/c1-11-5-3-4-8(11)9-6-10-7-12(9)2/h6-8H,3-5H2,1-2H3. The Morgan fingerprint density at radius 2 is 2.33 bits per heavy atom. The molecule has 1 unspecified atom stereocenters. The van der Waals surface area contributed by atoms with Crippen LogP contribution in [0.4, 0.5) is 0 Å². The van der Waals surface area contributed by atoms with Gasteiger partial charge in [0.25, 0.3) is 0 Å². The molecule has 0 amide bonds. The van der Waals surface area contributed by atoms with E-state index in [4.69, 9.17) is 0 Å². The maximum Gasteiger partial charge on any atom is 0.0946 e. The van der Waals surface area contributed by atoms with Crippen molar-refractivity contribution in [3.05, 3.63) is 18.2 Å². The van der Waals surface area contributed by atoms with Crippen LogP contribution in [0.2, 0.25) is 0 Å². The van der Waals surface area contributed by atoms with E-state index >= 15 is 0 Å². The summed E-state index contributed by atoms with van der Waals surface area (Å²) >= 11 is 0.